The van der Waals surface area contributed by atoms with Gasteiger partial charge in [0.15, 0.2) is 0 Å². The molecule has 102 valence electrons. The van der Waals surface area contributed by atoms with Crippen LogP contribution in [-0.2, 0) is 0 Å². The molecule has 0 saturated carbocycles. The van der Waals surface area contributed by atoms with Gasteiger partial charge in [0, 0.05) is 29.2 Å². The number of benzene rings is 1. The third kappa shape index (κ3) is 2.41. The molecule has 21 heavy (non-hydrogen) atoms. The number of pyridine rings is 2. The van der Waals surface area contributed by atoms with Crippen molar-refractivity contribution in [1.29, 1.82) is 5.26 Å². The maximum Gasteiger partial charge on any atom is 0.103 e. The Bertz CT molecular complexity index is 857. The van der Waals surface area contributed by atoms with E-state index >= 15 is 0 Å². The lowest BCUT2D eigenvalue weighted by molar-refractivity contribution is 1.11. The van der Waals surface area contributed by atoms with E-state index in [1.807, 2.05) is 50.4 Å². The largest absolute Gasteiger partial charge is 0.354 e. The van der Waals surface area contributed by atoms with Crippen molar-refractivity contribution in [2.24, 2.45) is 0 Å². The fraction of sp³-hybridized carbons (Fsp3) is 0.118. The lowest BCUT2D eigenvalue weighted by Crippen LogP contribution is -2.00. The molecule has 1 aromatic carbocycles. The van der Waals surface area contributed by atoms with Crippen LogP contribution in [0.4, 0.5) is 11.4 Å². The highest BCUT2D eigenvalue weighted by Gasteiger charge is 2.09. The molecule has 3 aromatic rings. The molecule has 0 fully saturated rings. The zero-order valence-corrected chi connectivity index (χ0v) is 11.9. The van der Waals surface area contributed by atoms with Crippen LogP contribution in [0.15, 0.2) is 42.7 Å². The van der Waals surface area contributed by atoms with Gasteiger partial charge in [-0.25, -0.2) is 0 Å². The average molecular weight is 274 g/mol. The normalized spacial score (nSPS) is 10.3. The second kappa shape index (κ2) is 5.22. The first kappa shape index (κ1) is 13.1. The summed E-state index contributed by atoms with van der Waals surface area (Å²) in [5, 5.41) is 14.8. The summed E-state index contributed by atoms with van der Waals surface area (Å²) >= 11 is 0. The van der Waals surface area contributed by atoms with Gasteiger partial charge >= 0.3 is 0 Å². The van der Waals surface area contributed by atoms with E-state index in [9.17, 15) is 5.26 Å². The van der Waals surface area contributed by atoms with E-state index in [1.165, 1.54) is 0 Å². The van der Waals surface area contributed by atoms with Gasteiger partial charge in [0.25, 0.3) is 0 Å². The number of aromatic nitrogens is 2. The van der Waals surface area contributed by atoms with Crippen molar-refractivity contribution < 1.29 is 0 Å². The molecule has 0 aliphatic rings. The summed E-state index contributed by atoms with van der Waals surface area (Å²) in [6, 6.07) is 12.1. The van der Waals surface area contributed by atoms with Crippen molar-refractivity contribution in [2.45, 2.75) is 13.8 Å². The van der Waals surface area contributed by atoms with Crippen molar-refractivity contribution in [3.8, 4) is 6.07 Å². The number of rotatable bonds is 2. The first-order chi connectivity index (χ1) is 10.2. The van der Waals surface area contributed by atoms with Crippen molar-refractivity contribution >= 4 is 22.1 Å². The molecule has 2 heterocycles. The molecule has 0 bridgehead atoms. The number of nitrogens with zero attached hydrogens (tertiary/aromatic N) is 3. The summed E-state index contributed by atoms with van der Waals surface area (Å²) in [5.41, 5.74) is 3.90. The third-order valence-corrected chi connectivity index (χ3v) is 3.39. The Labute approximate surface area is 123 Å². The summed E-state index contributed by atoms with van der Waals surface area (Å²) in [6.45, 7) is 3.77. The molecule has 2 aromatic heterocycles. The maximum atomic E-state index is 9.34. The van der Waals surface area contributed by atoms with Gasteiger partial charge in [-0.3, -0.25) is 9.97 Å². The lowest BCUT2D eigenvalue weighted by atomic mass is 10.1. The highest BCUT2D eigenvalue weighted by Crippen LogP contribution is 2.28. The van der Waals surface area contributed by atoms with E-state index in [1.54, 1.807) is 6.20 Å². The Morgan fingerprint density at radius 2 is 2.00 bits per heavy atom. The molecular formula is C17H14N4. The Morgan fingerprint density at radius 3 is 2.81 bits per heavy atom. The summed E-state index contributed by atoms with van der Waals surface area (Å²) in [5.74, 6) is 0. The van der Waals surface area contributed by atoms with E-state index in [4.69, 9.17) is 0 Å². The molecule has 3 rings (SSSR count). The van der Waals surface area contributed by atoms with Crippen LogP contribution in [-0.4, -0.2) is 9.97 Å². The van der Waals surface area contributed by atoms with Gasteiger partial charge in [0.05, 0.1) is 16.9 Å². The molecule has 1 N–H and O–H groups in total. The smallest absolute Gasteiger partial charge is 0.103 e. The molecule has 0 saturated heterocycles. The predicted octanol–water partition coefficient (Wildman–Crippen LogP) is 3.86. The quantitative estimate of drug-likeness (QED) is 0.770. The second-order valence-electron chi connectivity index (χ2n) is 4.91. The highest BCUT2D eigenvalue weighted by atomic mass is 14.9. The van der Waals surface area contributed by atoms with Gasteiger partial charge in [-0.2, -0.15) is 5.26 Å². The topological polar surface area (TPSA) is 61.6 Å². The van der Waals surface area contributed by atoms with Gasteiger partial charge in [0.1, 0.15) is 6.07 Å². The van der Waals surface area contributed by atoms with E-state index in [2.05, 4.69) is 21.4 Å². The maximum absolute atomic E-state index is 9.34. The van der Waals surface area contributed by atoms with Crippen LogP contribution in [0.5, 0.6) is 0 Å². The van der Waals surface area contributed by atoms with E-state index in [0.29, 0.717) is 5.56 Å². The zero-order valence-electron chi connectivity index (χ0n) is 11.9. The molecule has 0 unspecified atom stereocenters. The molecule has 4 heteroatoms. The molecule has 0 atom stereocenters. The van der Waals surface area contributed by atoms with E-state index in [-0.39, 0.29) is 0 Å². The highest BCUT2D eigenvalue weighted by molar-refractivity contribution is 5.95. The standard InChI is InChI=1S/C17H14N4/c1-11-8-17(14(9-18)12(2)20-11)21-16-5-3-4-13-6-7-19-10-15(13)16/h3-8,10H,1-2H3,(H,20,21). The third-order valence-electron chi connectivity index (χ3n) is 3.39. The molecular weight excluding hydrogens is 260 g/mol. The molecule has 0 amide bonds. The summed E-state index contributed by atoms with van der Waals surface area (Å²) in [6.07, 6.45) is 3.60. The van der Waals surface area contributed by atoms with Crippen molar-refractivity contribution in [3.05, 3.63) is 59.7 Å². The minimum absolute atomic E-state index is 0.571. The Hall–Kier alpha value is -2.93. The number of aryl methyl sites for hydroxylation is 2. The summed E-state index contributed by atoms with van der Waals surface area (Å²) < 4.78 is 0. The van der Waals surface area contributed by atoms with E-state index < -0.39 is 0 Å². The van der Waals surface area contributed by atoms with Gasteiger partial charge in [-0.05, 0) is 37.4 Å². The van der Waals surface area contributed by atoms with E-state index in [0.717, 1.165) is 33.5 Å². The molecule has 0 radical (unpaired) electrons. The SMILES string of the molecule is Cc1cc(Nc2cccc3ccncc23)c(C#N)c(C)n1. The minimum Gasteiger partial charge on any atom is -0.354 e. The number of fused-ring (bicyclic) bond motifs is 1. The first-order valence-electron chi connectivity index (χ1n) is 6.67. The van der Waals surface area contributed by atoms with Crippen LogP contribution < -0.4 is 5.32 Å². The van der Waals surface area contributed by atoms with Crippen LogP contribution in [0, 0.1) is 25.2 Å². The minimum atomic E-state index is 0.571. The Balaban J connectivity index is 2.14. The fourth-order valence-electron chi connectivity index (χ4n) is 2.44. The van der Waals surface area contributed by atoms with Crippen LogP contribution >= 0.6 is 0 Å². The Kier molecular flexibility index (Phi) is 3.25. The van der Waals surface area contributed by atoms with Gasteiger partial charge in [0.2, 0.25) is 0 Å². The number of hydrogen-bond donors (Lipinski definition) is 1. The zero-order chi connectivity index (χ0) is 14.8. The lowest BCUT2D eigenvalue weighted by Gasteiger charge is -2.12. The number of anilines is 2. The average Bonchev–Trinajstić information content (AvgIpc) is 2.47. The predicted molar refractivity (Wildman–Crippen MR) is 83.5 cm³/mol. The Morgan fingerprint density at radius 1 is 1.14 bits per heavy atom. The molecule has 0 aliphatic carbocycles. The van der Waals surface area contributed by atoms with Gasteiger partial charge in [-0.1, -0.05) is 12.1 Å². The number of nitrogens with one attached hydrogen (secondary N) is 1. The molecule has 0 aliphatic heterocycles. The van der Waals surface area contributed by atoms with Crippen molar-refractivity contribution in [3.63, 3.8) is 0 Å². The molecule has 4 nitrogen and oxygen atoms in total. The first-order valence-corrected chi connectivity index (χ1v) is 6.67. The molecule has 0 spiro atoms. The van der Waals surface area contributed by atoms with Crippen LogP contribution in [0.2, 0.25) is 0 Å². The van der Waals surface area contributed by atoms with Gasteiger partial charge in [-0.15, -0.1) is 0 Å². The summed E-state index contributed by atoms with van der Waals surface area (Å²) in [7, 11) is 0. The van der Waals surface area contributed by atoms with Crippen molar-refractivity contribution in [2.75, 3.05) is 5.32 Å². The summed E-state index contributed by atoms with van der Waals surface area (Å²) in [4.78, 5) is 8.51. The van der Waals surface area contributed by atoms with Crippen molar-refractivity contribution in [1.82, 2.24) is 9.97 Å². The van der Waals surface area contributed by atoms with Gasteiger partial charge < -0.3 is 5.32 Å². The fourth-order valence-corrected chi connectivity index (χ4v) is 2.44. The monoisotopic (exact) mass is 274 g/mol. The number of nitriles is 1. The van der Waals surface area contributed by atoms with Crippen LogP contribution in [0.25, 0.3) is 10.8 Å². The number of hydrogen-bond acceptors (Lipinski definition) is 4. The van der Waals surface area contributed by atoms with Crippen LogP contribution in [0.1, 0.15) is 17.0 Å². The van der Waals surface area contributed by atoms with Crippen LogP contribution in [0.3, 0.4) is 0 Å². The second-order valence-corrected chi connectivity index (χ2v) is 4.91.